The van der Waals surface area contributed by atoms with Crippen LogP contribution in [0.4, 0.5) is 0 Å². The second kappa shape index (κ2) is 2.64. The molecule has 0 radical (unpaired) electrons. The van der Waals surface area contributed by atoms with Crippen molar-refractivity contribution in [3.63, 3.8) is 0 Å². The normalized spacial score (nSPS) is 45.0. The van der Waals surface area contributed by atoms with Crippen LogP contribution in [-0.2, 0) is 9.47 Å². The van der Waals surface area contributed by atoms with Crippen molar-refractivity contribution >= 4 is 0 Å². The number of aliphatic hydroxyl groups is 1. The third-order valence-corrected chi connectivity index (χ3v) is 1.53. The maximum Gasteiger partial charge on any atom is 0.178 e. The fourth-order valence-corrected chi connectivity index (χ4v) is 0.767. The summed E-state index contributed by atoms with van der Waals surface area (Å²) >= 11 is 0. The van der Waals surface area contributed by atoms with Crippen LogP contribution in [0.5, 0.6) is 0 Å². The largest absolute Gasteiger partial charge is 0.371 e. The Morgan fingerprint density at radius 2 is 2.00 bits per heavy atom. The molecule has 1 aliphatic heterocycles. The third-order valence-electron chi connectivity index (χ3n) is 1.53. The van der Waals surface area contributed by atoms with Crippen LogP contribution in [0.3, 0.4) is 0 Å². The molecule has 1 aliphatic rings. The van der Waals surface area contributed by atoms with Gasteiger partial charge in [-0.15, -0.1) is 0 Å². The molecule has 1 saturated heterocycles. The summed E-state index contributed by atoms with van der Waals surface area (Å²) in [6.45, 7) is 4.11. The van der Waals surface area contributed by atoms with Gasteiger partial charge in [-0.3, -0.25) is 0 Å². The molecule has 0 aromatic rings. The molecule has 3 atom stereocenters. The molecule has 9 heavy (non-hydrogen) atoms. The van der Waals surface area contributed by atoms with Gasteiger partial charge in [-0.05, 0) is 13.8 Å². The first kappa shape index (κ1) is 6.99. The molecule has 54 valence electrons. The highest BCUT2D eigenvalue weighted by Crippen LogP contribution is 2.11. The Morgan fingerprint density at radius 1 is 1.33 bits per heavy atom. The fraction of sp³-hybridized carbons (Fsp3) is 1.00. The highest BCUT2D eigenvalue weighted by molar-refractivity contribution is 4.65. The number of aliphatic hydroxyl groups excluding tert-OH is 1. The van der Waals surface area contributed by atoms with E-state index in [1.54, 1.807) is 0 Å². The first-order valence-electron chi connectivity index (χ1n) is 3.15. The highest BCUT2D eigenvalue weighted by Gasteiger charge is 2.23. The van der Waals surface area contributed by atoms with Crippen LogP contribution in [0.25, 0.3) is 0 Å². The molecule has 3 nitrogen and oxygen atoms in total. The fourth-order valence-electron chi connectivity index (χ4n) is 0.767. The quantitative estimate of drug-likeness (QED) is 0.509. The van der Waals surface area contributed by atoms with Crippen LogP contribution in [0, 0.1) is 0 Å². The van der Waals surface area contributed by atoms with Crippen LogP contribution in [0.15, 0.2) is 0 Å². The van der Waals surface area contributed by atoms with E-state index >= 15 is 0 Å². The summed E-state index contributed by atoms with van der Waals surface area (Å²) in [5.74, 6) is 0. The predicted octanol–water partition coefficient (Wildman–Crippen LogP) is 0.129. The summed E-state index contributed by atoms with van der Waals surface area (Å²) in [6, 6.07) is 0. The monoisotopic (exact) mass is 132 g/mol. The van der Waals surface area contributed by atoms with Gasteiger partial charge in [-0.25, -0.2) is 0 Å². The summed E-state index contributed by atoms with van der Waals surface area (Å²) in [6.07, 6.45) is -0.613. The van der Waals surface area contributed by atoms with E-state index in [9.17, 15) is 0 Å². The zero-order valence-corrected chi connectivity index (χ0v) is 5.70. The second-order valence-electron chi connectivity index (χ2n) is 2.33. The van der Waals surface area contributed by atoms with Crippen LogP contribution < -0.4 is 0 Å². The summed E-state index contributed by atoms with van der Waals surface area (Å²) in [4.78, 5) is 0. The van der Waals surface area contributed by atoms with Gasteiger partial charge >= 0.3 is 0 Å². The van der Waals surface area contributed by atoms with Gasteiger partial charge in [-0.1, -0.05) is 0 Å². The van der Waals surface area contributed by atoms with E-state index in [-0.39, 0.29) is 12.2 Å². The van der Waals surface area contributed by atoms with Crippen LogP contribution in [-0.4, -0.2) is 30.2 Å². The molecule has 0 aromatic heterocycles. The highest BCUT2D eigenvalue weighted by atomic mass is 16.7. The molecule has 3 heteroatoms. The minimum Gasteiger partial charge on any atom is -0.371 e. The lowest BCUT2D eigenvalue weighted by molar-refractivity contribution is -0.239. The van der Waals surface area contributed by atoms with E-state index in [2.05, 4.69) is 0 Å². The molecule has 1 fully saturated rings. The Kier molecular flexibility index (Phi) is 2.05. The van der Waals surface area contributed by atoms with E-state index in [0.717, 1.165) is 0 Å². The molecule has 1 N–H and O–H groups in total. The van der Waals surface area contributed by atoms with Crippen molar-refractivity contribution in [2.45, 2.75) is 32.3 Å². The molecule has 0 spiro atoms. The predicted molar refractivity (Wildman–Crippen MR) is 32.0 cm³/mol. The van der Waals surface area contributed by atoms with E-state index in [4.69, 9.17) is 14.6 Å². The van der Waals surface area contributed by atoms with Gasteiger partial charge in [0.15, 0.2) is 6.29 Å². The van der Waals surface area contributed by atoms with Gasteiger partial charge in [0.25, 0.3) is 0 Å². The summed E-state index contributed by atoms with van der Waals surface area (Å²) in [7, 11) is 0. The van der Waals surface area contributed by atoms with Gasteiger partial charge in [0.1, 0.15) is 0 Å². The van der Waals surface area contributed by atoms with Gasteiger partial charge in [0.2, 0.25) is 0 Å². The number of hydrogen-bond acceptors (Lipinski definition) is 3. The Hall–Kier alpha value is -0.120. The average molecular weight is 132 g/mol. The van der Waals surface area contributed by atoms with E-state index in [0.29, 0.717) is 6.61 Å². The maximum absolute atomic E-state index is 8.85. The van der Waals surface area contributed by atoms with Gasteiger partial charge < -0.3 is 14.6 Å². The summed E-state index contributed by atoms with van der Waals surface area (Å²) < 4.78 is 10.2. The molecule has 0 aliphatic carbocycles. The standard InChI is InChI=1S/C6H12O3/c1-4-5(2)9-6(7)3-8-4/h4-7H,3H2,1-2H3/t4-,5+,6+/m0/s1. The number of hydrogen-bond donors (Lipinski definition) is 1. The molecule has 0 bridgehead atoms. The Bertz CT molecular complexity index is 94.3. The van der Waals surface area contributed by atoms with Crippen LogP contribution in [0.1, 0.15) is 13.8 Å². The van der Waals surface area contributed by atoms with E-state index < -0.39 is 6.29 Å². The Balaban J connectivity index is 2.35. The SMILES string of the molecule is C[C@@H]1OC[C@H](O)O[C@@H]1C. The van der Waals surface area contributed by atoms with Gasteiger partial charge in [-0.2, -0.15) is 0 Å². The minimum absolute atomic E-state index is 0.00810. The van der Waals surface area contributed by atoms with E-state index in [1.807, 2.05) is 13.8 Å². The molecule has 0 aromatic carbocycles. The molecule has 0 unspecified atom stereocenters. The number of rotatable bonds is 0. The van der Waals surface area contributed by atoms with Crippen molar-refractivity contribution < 1.29 is 14.6 Å². The van der Waals surface area contributed by atoms with E-state index in [1.165, 1.54) is 0 Å². The number of ether oxygens (including phenoxy) is 2. The maximum atomic E-state index is 8.85. The van der Waals surface area contributed by atoms with Crippen LogP contribution >= 0.6 is 0 Å². The molecular weight excluding hydrogens is 120 g/mol. The first-order chi connectivity index (χ1) is 4.20. The van der Waals surface area contributed by atoms with Crippen molar-refractivity contribution in [1.29, 1.82) is 0 Å². The zero-order chi connectivity index (χ0) is 6.85. The lowest BCUT2D eigenvalue weighted by atomic mass is 10.2. The van der Waals surface area contributed by atoms with Crippen molar-refractivity contribution in [1.82, 2.24) is 0 Å². The second-order valence-corrected chi connectivity index (χ2v) is 2.33. The molecule has 1 rings (SSSR count). The van der Waals surface area contributed by atoms with Gasteiger partial charge in [0.05, 0.1) is 18.8 Å². The van der Waals surface area contributed by atoms with Gasteiger partial charge in [0, 0.05) is 0 Å². The average Bonchev–Trinajstić information content (AvgIpc) is 1.80. The summed E-state index contributed by atoms with van der Waals surface area (Å²) in [5, 5.41) is 8.85. The Labute approximate surface area is 54.6 Å². The lowest BCUT2D eigenvalue weighted by Crippen LogP contribution is -2.39. The van der Waals surface area contributed by atoms with Crippen molar-refractivity contribution in [2.24, 2.45) is 0 Å². The van der Waals surface area contributed by atoms with Crippen LogP contribution in [0.2, 0.25) is 0 Å². The minimum atomic E-state index is -0.726. The lowest BCUT2D eigenvalue weighted by Gasteiger charge is -2.29. The molecule has 0 amide bonds. The summed E-state index contributed by atoms with van der Waals surface area (Å²) in [5.41, 5.74) is 0. The van der Waals surface area contributed by atoms with Crippen molar-refractivity contribution in [3.8, 4) is 0 Å². The third kappa shape index (κ3) is 1.64. The molecule has 0 saturated carbocycles. The van der Waals surface area contributed by atoms with Crippen molar-refractivity contribution in [3.05, 3.63) is 0 Å². The topological polar surface area (TPSA) is 38.7 Å². The first-order valence-corrected chi connectivity index (χ1v) is 3.15. The smallest absolute Gasteiger partial charge is 0.178 e. The molecular formula is C6H12O3. The zero-order valence-electron chi connectivity index (χ0n) is 5.70. The Morgan fingerprint density at radius 3 is 2.44 bits per heavy atom. The molecule has 1 heterocycles. The van der Waals surface area contributed by atoms with Crippen molar-refractivity contribution in [2.75, 3.05) is 6.61 Å².